The van der Waals surface area contributed by atoms with E-state index in [9.17, 15) is 9.59 Å². The number of amides is 2. The molecule has 28 heavy (non-hydrogen) atoms. The summed E-state index contributed by atoms with van der Waals surface area (Å²) in [5, 5.41) is 3.28. The Morgan fingerprint density at radius 2 is 1.82 bits per heavy atom. The normalized spacial score (nSPS) is 10.7. The van der Waals surface area contributed by atoms with Crippen molar-refractivity contribution >= 4 is 23.4 Å². The number of aryl methyl sites for hydroxylation is 1. The molecule has 2 rings (SSSR count). The van der Waals surface area contributed by atoms with Gasteiger partial charge in [-0.3, -0.25) is 9.59 Å². The maximum Gasteiger partial charge on any atom is 0.260 e. The minimum atomic E-state index is -0.136. The lowest BCUT2D eigenvalue weighted by Gasteiger charge is -2.20. The van der Waals surface area contributed by atoms with Gasteiger partial charge in [-0.2, -0.15) is 0 Å². The van der Waals surface area contributed by atoms with Crippen LogP contribution in [0.4, 0.5) is 0 Å². The third kappa shape index (κ3) is 5.49. The molecule has 2 aromatic rings. The lowest BCUT2D eigenvalue weighted by atomic mass is 10.0. The van der Waals surface area contributed by atoms with Crippen molar-refractivity contribution in [1.29, 1.82) is 0 Å². The second-order valence-corrected chi connectivity index (χ2v) is 7.52. The van der Waals surface area contributed by atoms with Crippen molar-refractivity contribution in [3.8, 4) is 5.75 Å². The summed E-state index contributed by atoms with van der Waals surface area (Å²) in [5.74, 6) is 0.662. The van der Waals surface area contributed by atoms with E-state index in [0.717, 1.165) is 16.7 Å². The van der Waals surface area contributed by atoms with E-state index in [-0.39, 0.29) is 24.3 Å². The summed E-state index contributed by atoms with van der Waals surface area (Å²) in [4.78, 5) is 25.7. The largest absolute Gasteiger partial charge is 0.483 e. The summed E-state index contributed by atoms with van der Waals surface area (Å²) in [6.07, 6.45) is 0. The Balaban J connectivity index is 2.00. The van der Waals surface area contributed by atoms with Crippen LogP contribution in [-0.4, -0.2) is 37.4 Å². The summed E-state index contributed by atoms with van der Waals surface area (Å²) in [6, 6.07) is 11.0. The molecule has 0 spiro atoms. The van der Waals surface area contributed by atoms with Gasteiger partial charge in [-0.15, -0.1) is 0 Å². The summed E-state index contributed by atoms with van der Waals surface area (Å²) in [6.45, 7) is 6.42. The minimum Gasteiger partial charge on any atom is -0.483 e. The number of hydrogen-bond acceptors (Lipinski definition) is 3. The van der Waals surface area contributed by atoms with Crippen LogP contribution in [0.25, 0.3) is 0 Å². The van der Waals surface area contributed by atoms with Crippen molar-refractivity contribution < 1.29 is 14.3 Å². The molecule has 2 amide bonds. The van der Waals surface area contributed by atoms with Crippen molar-refractivity contribution in [3.05, 3.63) is 63.7 Å². The molecule has 0 unspecified atom stereocenters. The van der Waals surface area contributed by atoms with E-state index in [0.29, 0.717) is 22.9 Å². The van der Waals surface area contributed by atoms with Gasteiger partial charge >= 0.3 is 0 Å². The van der Waals surface area contributed by atoms with Crippen LogP contribution >= 0.6 is 11.6 Å². The Hall–Kier alpha value is -2.53. The highest BCUT2D eigenvalue weighted by Crippen LogP contribution is 2.32. The van der Waals surface area contributed by atoms with E-state index in [1.165, 1.54) is 0 Å². The highest BCUT2D eigenvalue weighted by atomic mass is 35.5. The van der Waals surface area contributed by atoms with Gasteiger partial charge in [0, 0.05) is 31.2 Å². The number of carbonyl (C=O) groups is 2. The van der Waals surface area contributed by atoms with E-state index < -0.39 is 0 Å². The number of likely N-dealkylation sites (N-methyl/N-ethyl adjacent to an activating group) is 1. The molecular weight excluding hydrogens is 376 g/mol. The van der Waals surface area contributed by atoms with Crippen LogP contribution in [0.2, 0.25) is 5.02 Å². The van der Waals surface area contributed by atoms with Crippen molar-refractivity contribution in [3.63, 3.8) is 0 Å². The van der Waals surface area contributed by atoms with Crippen molar-refractivity contribution in [2.45, 2.75) is 33.2 Å². The SMILES string of the molecule is CNC(=O)c1ccc(CN(C)C(=O)COc2cc(C)c(Cl)cc2C(C)C)cc1. The predicted molar refractivity (Wildman–Crippen MR) is 112 cm³/mol. The van der Waals surface area contributed by atoms with E-state index in [4.69, 9.17) is 16.3 Å². The standard InChI is InChI=1S/C22H27ClN2O3/c1-14(2)18-11-19(23)15(3)10-20(18)28-13-21(26)25(5)12-16-6-8-17(9-7-16)22(27)24-4/h6-11,14H,12-13H2,1-5H3,(H,24,27). The van der Waals surface area contributed by atoms with E-state index in [1.807, 2.05) is 31.2 Å². The minimum absolute atomic E-state index is 0.0480. The zero-order chi connectivity index (χ0) is 20.8. The average molecular weight is 403 g/mol. The molecule has 1 N–H and O–H groups in total. The fourth-order valence-electron chi connectivity index (χ4n) is 2.76. The lowest BCUT2D eigenvalue weighted by molar-refractivity contribution is -0.132. The smallest absolute Gasteiger partial charge is 0.260 e. The quantitative estimate of drug-likeness (QED) is 0.756. The number of ether oxygens (including phenoxy) is 1. The number of hydrogen-bond donors (Lipinski definition) is 1. The number of halogens is 1. The monoisotopic (exact) mass is 402 g/mol. The molecule has 0 bridgehead atoms. The van der Waals surface area contributed by atoms with Gasteiger partial charge in [0.2, 0.25) is 0 Å². The first-order chi connectivity index (χ1) is 13.2. The van der Waals surface area contributed by atoms with E-state index >= 15 is 0 Å². The maximum atomic E-state index is 12.5. The fourth-order valence-corrected chi connectivity index (χ4v) is 2.94. The Kier molecular flexibility index (Phi) is 7.46. The zero-order valence-corrected chi connectivity index (χ0v) is 17.8. The zero-order valence-electron chi connectivity index (χ0n) is 17.0. The molecule has 0 aromatic heterocycles. The van der Waals surface area contributed by atoms with Crippen LogP contribution in [0.5, 0.6) is 5.75 Å². The van der Waals surface area contributed by atoms with Crippen LogP contribution in [0.1, 0.15) is 46.8 Å². The van der Waals surface area contributed by atoms with Gasteiger partial charge in [-0.05, 0) is 53.8 Å². The second-order valence-electron chi connectivity index (χ2n) is 7.11. The first kappa shape index (κ1) is 21.8. The van der Waals surface area contributed by atoms with Crippen molar-refractivity contribution in [1.82, 2.24) is 10.2 Å². The summed E-state index contributed by atoms with van der Waals surface area (Å²) < 4.78 is 5.82. The Bertz CT molecular complexity index is 848. The van der Waals surface area contributed by atoms with Crippen molar-refractivity contribution in [2.75, 3.05) is 20.7 Å². The molecular formula is C22H27ClN2O3. The van der Waals surface area contributed by atoms with Crippen LogP contribution in [-0.2, 0) is 11.3 Å². The van der Waals surface area contributed by atoms with Crippen LogP contribution in [0.15, 0.2) is 36.4 Å². The molecule has 0 saturated heterocycles. The first-order valence-electron chi connectivity index (χ1n) is 9.20. The molecule has 150 valence electrons. The third-order valence-electron chi connectivity index (χ3n) is 4.55. The number of rotatable bonds is 7. The molecule has 0 aliphatic rings. The first-order valence-corrected chi connectivity index (χ1v) is 9.58. The molecule has 2 aromatic carbocycles. The van der Waals surface area contributed by atoms with Gasteiger partial charge in [-0.25, -0.2) is 0 Å². The number of nitrogens with one attached hydrogen (secondary N) is 1. The molecule has 0 atom stereocenters. The van der Waals surface area contributed by atoms with Gasteiger partial charge in [0.15, 0.2) is 6.61 Å². The van der Waals surface area contributed by atoms with Gasteiger partial charge in [0.05, 0.1) is 0 Å². The third-order valence-corrected chi connectivity index (χ3v) is 4.96. The van der Waals surface area contributed by atoms with Crippen LogP contribution < -0.4 is 10.1 Å². The number of carbonyl (C=O) groups excluding carboxylic acids is 2. The lowest BCUT2D eigenvalue weighted by Crippen LogP contribution is -2.31. The Morgan fingerprint density at radius 1 is 1.18 bits per heavy atom. The van der Waals surface area contributed by atoms with Gasteiger partial charge in [0.1, 0.15) is 5.75 Å². The van der Waals surface area contributed by atoms with Gasteiger partial charge < -0.3 is 15.0 Å². The topological polar surface area (TPSA) is 58.6 Å². The van der Waals surface area contributed by atoms with E-state index in [1.54, 1.807) is 31.1 Å². The van der Waals surface area contributed by atoms with Gasteiger partial charge in [0.25, 0.3) is 11.8 Å². The number of benzene rings is 2. The highest BCUT2D eigenvalue weighted by Gasteiger charge is 2.15. The van der Waals surface area contributed by atoms with Crippen molar-refractivity contribution in [2.24, 2.45) is 0 Å². The summed E-state index contributed by atoms with van der Waals surface area (Å²) >= 11 is 6.22. The maximum absolute atomic E-state index is 12.5. The fraction of sp³-hybridized carbons (Fsp3) is 0.364. The Morgan fingerprint density at radius 3 is 2.39 bits per heavy atom. The molecule has 0 aliphatic heterocycles. The van der Waals surface area contributed by atoms with E-state index in [2.05, 4.69) is 19.2 Å². The van der Waals surface area contributed by atoms with Crippen LogP contribution in [0, 0.1) is 6.92 Å². The summed E-state index contributed by atoms with van der Waals surface area (Å²) in [7, 11) is 3.32. The molecule has 0 fully saturated rings. The number of nitrogens with zero attached hydrogens (tertiary/aromatic N) is 1. The highest BCUT2D eigenvalue weighted by molar-refractivity contribution is 6.31. The molecule has 0 heterocycles. The second kappa shape index (κ2) is 9.60. The molecule has 0 saturated carbocycles. The molecule has 0 radical (unpaired) electrons. The molecule has 0 aliphatic carbocycles. The predicted octanol–water partition coefficient (Wildman–Crippen LogP) is 4.17. The summed E-state index contributed by atoms with van der Waals surface area (Å²) in [5.41, 5.74) is 3.42. The van der Waals surface area contributed by atoms with Crippen LogP contribution in [0.3, 0.4) is 0 Å². The molecule has 6 heteroatoms. The van der Waals surface area contributed by atoms with Gasteiger partial charge in [-0.1, -0.05) is 37.6 Å². The Labute approximate surface area is 171 Å². The average Bonchev–Trinajstić information content (AvgIpc) is 2.67. The molecule has 5 nitrogen and oxygen atoms in total.